The van der Waals surface area contributed by atoms with Crippen molar-refractivity contribution in [2.24, 2.45) is 0 Å². The Bertz CT molecular complexity index is 2060. The number of hydrogen-bond acceptors (Lipinski definition) is 9. The summed E-state index contributed by atoms with van der Waals surface area (Å²) in [5, 5.41) is 11.9. The number of aryl methyl sites for hydroxylation is 1. The molecule has 6 rings (SSSR count). The molecule has 12 nitrogen and oxygen atoms in total. The summed E-state index contributed by atoms with van der Waals surface area (Å²) in [6.45, 7) is 7.61. The minimum atomic E-state index is -4.00. The van der Waals surface area contributed by atoms with Gasteiger partial charge in [-0.15, -0.1) is 0 Å². The van der Waals surface area contributed by atoms with Crippen LogP contribution in [0.3, 0.4) is 0 Å². The van der Waals surface area contributed by atoms with Crippen molar-refractivity contribution >= 4 is 55.9 Å². The Morgan fingerprint density at radius 3 is 2.57 bits per heavy atom. The van der Waals surface area contributed by atoms with Gasteiger partial charge in [0.2, 0.25) is 5.95 Å². The van der Waals surface area contributed by atoms with Crippen LogP contribution >= 0.6 is 11.6 Å². The zero-order valence-electron chi connectivity index (χ0n) is 26.6. The third-order valence-corrected chi connectivity index (χ3v) is 9.87. The van der Waals surface area contributed by atoms with Crippen molar-refractivity contribution < 1.29 is 17.9 Å². The Morgan fingerprint density at radius 2 is 1.83 bits per heavy atom. The molecular formula is C33H37ClN8O4S. The second-order valence-electron chi connectivity index (χ2n) is 12.6. The average molecular weight is 677 g/mol. The largest absolute Gasteiger partial charge is 0.444 e. The Balaban J connectivity index is 1.27. The number of fused-ring (bicyclic) bond motifs is 2. The lowest BCUT2D eigenvalue weighted by molar-refractivity contribution is 0.0488. The molecule has 14 heteroatoms. The smallest absolute Gasteiger partial charge is 0.407 e. The van der Waals surface area contributed by atoms with E-state index in [0.29, 0.717) is 17.9 Å². The van der Waals surface area contributed by atoms with E-state index < -0.39 is 21.7 Å². The number of benzene rings is 2. The van der Waals surface area contributed by atoms with E-state index in [1.165, 1.54) is 18.5 Å². The molecule has 1 aliphatic rings. The van der Waals surface area contributed by atoms with Crippen molar-refractivity contribution in [1.29, 1.82) is 0 Å². The first-order valence-corrected chi connectivity index (χ1v) is 17.4. The highest BCUT2D eigenvalue weighted by atomic mass is 35.5. The van der Waals surface area contributed by atoms with Crippen LogP contribution in [-0.2, 0) is 21.2 Å². The number of rotatable bonds is 8. The summed E-state index contributed by atoms with van der Waals surface area (Å²) >= 11 is 6.16. The quantitative estimate of drug-likeness (QED) is 0.165. The molecule has 5 aromatic rings. The molecule has 0 radical (unpaired) electrons. The van der Waals surface area contributed by atoms with E-state index in [-0.39, 0.29) is 27.8 Å². The number of ether oxygens (including phenoxy) is 1. The van der Waals surface area contributed by atoms with E-state index >= 15 is 0 Å². The summed E-state index contributed by atoms with van der Waals surface area (Å²) in [4.78, 5) is 26.2. The van der Waals surface area contributed by atoms with Gasteiger partial charge in [0.15, 0.2) is 5.82 Å². The molecule has 1 fully saturated rings. The minimum absolute atomic E-state index is 0.0330. The van der Waals surface area contributed by atoms with Crippen LogP contribution in [0.4, 0.5) is 16.6 Å². The number of nitrogens with zero attached hydrogens (tertiary/aromatic N) is 5. The van der Waals surface area contributed by atoms with Crippen LogP contribution in [0.2, 0.25) is 5.02 Å². The minimum Gasteiger partial charge on any atom is -0.444 e. The number of sulfonamides is 1. The van der Waals surface area contributed by atoms with Crippen molar-refractivity contribution in [2.75, 3.05) is 10.0 Å². The molecule has 2 aromatic carbocycles. The SMILES string of the molecule is CCc1cc(-c2ccc3c(NS(=O)(=O)c4ccccc4Cl)ncnn23)cc2cnc(N[C@H]3CCCC[C@@H]3NC(=O)OC(C)(C)C)nc12. The lowest BCUT2D eigenvalue weighted by Gasteiger charge is -2.33. The molecule has 2 atom stereocenters. The van der Waals surface area contributed by atoms with Gasteiger partial charge in [0.1, 0.15) is 22.3 Å². The van der Waals surface area contributed by atoms with E-state index in [0.717, 1.165) is 53.4 Å². The van der Waals surface area contributed by atoms with Gasteiger partial charge in [-0.25, -0.2) is 32.7 Å². The van der Waals surface area contributed by atoms with Crippen molar-refractivity contribution in [3.63, 3.8) is 0 Å². The van der Waals surface area contributed by atoms with Crippen LogP contribution < -0.4 is 15.4 Å². The molecule has 246 valence electrons. The van der Waals surface area contributed by atoms with Crippen LogP contribution in [0.25, 0.3) is 27.7 Å². The number of anilines is 2. The van der Waals surface area contributed by atoms with Gasteiger partial charge in [0.25, 0.3) is 10.0 Å². The van der Waals surface area contributed by atoms with E-state index in [2.05, 4.69) is 43.4 Å². The summed E-state index contributed by atoms with van der Waals surface area (Å²) in [6, 6.07) is 13.8. The standard InChI is InChI=1S/C33H37ClN8O4S/c1-5-20-16-21(26-14-15-27-30(36-19-37-42(26)27)41-47(44,45)28-13-9-6-10-23(28)34)17-22-18-35-31(40-29(20)22)38-24-11-7-8-12-25(24)39-32(43)46-33(2,3)4/h6,9-10,13-19,24-25H,5,7-8,11-12H2,1-4H3,(H,39,43)(H,35,38,40)(H,36,37,41)/t24-,25-/m0/s1. The van der Waals surface area contributed by atoms with Crippen molar-refractivity contribution in [3.05, 3.63) is 71.6 Å². The fourth-order valence-electron chi connectivity index (χ4n) is 5.88. The van der Waals surface area contributed by atoms with E-state index in [1.54, 1.807) is 28.9 Å². The molecule has 1 aliphatic carbocycles. The van der Waals surface area contributed by atoms with Gasteiger partial charge >= 0.3 is 6.09 Å². The lowest BCUT2D eigenvalue weighted by atomic mass is 9.90. The number of carbonyl (C=O) groups is 1. The Labute approximate surface area is 278 Å². The van der Waals surface area contributed by atoms with Crippen LogP contribution in [0.5, 0.6) is 0 Å². The Morgan fingerprint density at radius 1 is 1.06 bits per heavy atom. The van der Waals surface area contributed by atoms with Gasteiger partial charge in [0, 0.05) is 23.2 Å². The third-order valence-electron chi connectivity index (χ3n) is 8.03. The fraction of sp³-hybridized carbons (Fsp3) is 0.364. The first-order chi connectivity index (χ1) is 22.4. The number of carbonyl (C=O) groups excluding carboxylic acids is 1. The predicted octanol–water partition coefficient (Wildman–Crippen LogP) is 6.60. The molecule has 0 unspecified atom stereocenters. The summed E-state index contributed by atoms with van der Waals surface area (Å²) in [7, 11) is -4.00. The number of nitrogens with one attached hydrogen (secondary N) is 3. The molecule has 1 saturated carbocycles. The van der Waals surface area contributed by atoms with Crippen molar-refractivity contribution in [1.82, 2.24) is 29.9 Å². The Kier molecular flexibility index (Phi) is 8.95. The summed E-state index contributed by atoms with van der Waals surface area (Å²) < 4.78 is 36.0. The average Bonchev–Trinajstić information content (AvgIpc) is 3.46. The van der Waals surface area contributed by atoms with Crippen LogP contribution in [0, 0.1) is 0 Å². The highest BCUT2D eigenvalue weighted by Gasteiger charge is 2.29. The van der Waals surface area contributed by atoms with Crippen molar-refractivity contribution in [3.8, 4) is 11.3 Å². The zero-order chi connectivity index (χ0) is 33.3. The predicted molar refractivity (Wildman–Crippen MR) is 182 cm³/mol. The van der Waals surface area contributed by atoms with Gasteiger partial charge in [-0.3, -0.25) is 4.72 Å². The molecule has 47 heavy (non-hydrogen) atoms. The van der Waals surface area contributed by atoms with Crippen LogP contribution in [0.15, 0.2) is 66.0 Å². The van der Waals surface area contributed by atoms with E-state index in [9.17, 15) is 13.2 Å². The fourth-order valence-corrected chi connectivity index (χ4v) is 7.43. The Hall–Kier alpha value is -4.49. The molecule has 3 aromatic heterocycles. The molecular weight excluding hydrogens is 640 g/mol. The molecule has 0 spiro atoms. The highest BCUT2D eigenvalue weighted by molar-refractivity contribution is 7.92. The molecule has 3 heterocycles. The molecule has 3 N–H and O–H groups in total. The second kappa shape index (κ2) is 13.0. The molecule has 0 aliphatic heterocycles. The first-order valence-electron chi connectivity index (χ1n) is 15.6. The lowest BCUT2D eigenvalue weighted by Crippen LogP contribution is -2.50. The highest BCUT2D eigenvalue weighted by Crippen LogP contribution is 2.32. The summed E-state index contributed by atoms with van der Waals surface area (Å²) in [5.74, 6) is 0.628. The second-order valence-corrected chi connectivity index (χ2v) is 14.6. The number of halogens is 1. The molecule has 1 amide bonds. The number of aromatic nitrogens is 5. The monoisotopic (exact) mass is 676 g/mol. The topological polar surface area (TPSA) is 152 Å². The maximum atomic E-state index is 13.1. The van der Waals surface area contributed by atoms with Gasteiger partial charge < -0.3 is 15.4 Å². The summed E-state index contributed by atoms with van der Waals surface area (Å²) in [6.07, 6.45) is 7.17. The zero-order valence-corrected chi connectivity index (χ0v) is 28.2. The van der Waals surface area contributed by atoms with E-state index in [4.69, 9.17) is 21.3 Å². The number of alkyl carbamates (subject to hydrolysis) is 1. The maximum Gasteiger partial charge on any atom is 0.407 e. The third kappa shape index (κ3) is 7.10. The van der Waals surface area contributed by atoms with Crippen LogP contribution in [0.1, 0.15) is 58.9 Å². The van der Waals surface area contributed by atoms with Gasteiger partial charge in [-0.05, 0) is 82.0 Å². The van der Waals surface area contributed by atoms with Gasteiger partial charge in [0.05, 0.1) is 22.3 Å². The van der Waals surface area contributed by atoms with Crippen molar-refractivity contribution in [2.45, 2.75) is 82.4 Å². The van der Waals surface area contributed by atoms with Gasteiger partial charge in [-0.1, -0.05) is 43.5 Å². The van der Waals surface area contributed by atoms with Crippen LogP contribution in [-0.4, -0.2) is 56.8 Å². The number of amides is 1. The van der Waals surface area contributed by atoms with Gasteiger partial charge in [-0.2, -0.15) is 5.10 Å². The molecule has 0 saturated heterocycles. The maximum absolute atomic E-state index is 13.1. The number of hydrogen-bond donors (Lipinski definition) is 3. The first kappa shape index (κ1) is 32.5. The summed E-state index contributed by atoms with van der Waals surface area (Å²) in [5.41, 5.74) is 3.36. The van der Waals surface area contributed by atoms with E-state index in [1.807, 2.05) is 32.9 Å². The molecule has 0 bridgehead atoms. The normalized spacial score (nSPS) is 17.0.